The molecule has 0 bridgehead atoms. The Balaban J connectivity index is 1.41. The number of benzene rings is 2. The van der Waals surface area contributed by atoms with Crippen molar-refractivity contribution in [2.45, 2.75) is 19.4 Å². The lowest BCUT2D eigenvalue weighted by molar-refractivity contribution is -0.120. The number of anilines is 1. The van der Waals surface area contributed by atoms with Crippen LogP contribution in [0.1, 0.15) is 18.9 Å². The zero-order valence-corrected chi connectivity index (χ0v) is 15.2. The van der Waals surface area contributed by atoms with Gasteiger partial charge in [0.1, 0.15) is 0 Å². The highest BCUT2D eigenvalue weighted by Gasteiger charge is 2.23. The molecule has 6 nitrogen and oxygen atoms in total. The highest BCUT2D eigenvalue weighted by atomic mass is 16.2. The average Bonchev–Trinajstić information content (AvgIpc) is 3.07. The van der Waals surface area contributed by atoms with Gasteiger partial charge in [0.25, 0.3) is 0 Å². The van der Waals surface area contributed by atoms with Crippen LogP contribution in [0.4, 0.5) is 5.69 Å². The summed E-state index contributed by atoms with van der Waals surface area (Å²) in [5, 5.41) is 2.95. The monoisotopic (exact) mass is 362 g/mol. The van der Waals surface area contributed by atoms with E-state index in [2.05, 4.69) is 38.4 Å². The number of amides is 1. The number of nitrogens with zero attached hydrogens (tertiary/aromatic N) is 1. The first-order chi connectivity index (χ1) is 13.1. The summed E-state index contributed by atoms with van der Waals surface area (Å²) in [5.41, 5.74) is 4.41. The molecule has 0 saturated carbocycles. The van der Waals surface area contributed by atoms with Crippen molar-refractivity contribution in [1.82, 2.24) is 14.9 Å². The maximum absolute atomic E-state index is 12.7. The van der Waals surface area contributed by atoms with Gasteiger partial charge < -0.3 is 15.3 Å². The Bertz CT molecular complexity index is 1050. The number of carbonyl (C=O) groups excluding carboxylic acids is 1. The molecule has 0 spiro atoms. The smallest absolute Gasteiger partial charge is 0.323 e. The fourth-order valence-corrected chi connectivity index (χ4v) is 3.47. The minimum Gasteiger partial charge on any atom is -0.325 e. The second-order valence-electron chi connectivity index (χ2n) is 6.85. The Labute approximate surface area is 156 Å². The molecule has 1 amide bonds. The number of nitrogens with one attached hydrogen (secondary N) is 3. The number of H-pyrrole nitrogens is 2. The normalized spacial score (nSPS) is 16.1. The second kappa shape index (κ2) is 7.25. The standard InChI is InChI=1S/C21H22N4O2/c1-14(25-11-9-16(10-12-25)15-5-3-2-4-6-15)20(26)22-17-7-8-18-19(13-17)24-21(27)23-18/h2-9,13-14H,10-12H2,1H3,(H,22,26)(H2,23,24,27)/t14-/m1/s1. The molecule has 4 rings (SSSR count). The van der Waals surface area contributed by atoms with Crippen molar-refractivity contribution in [2.24, 2.45) is 0 Å². The first-order valence-electron chi connectivity index (χ1n) is 9.11. The third kappa shape index (κ3) is 3.71. The molecular formula is C21H22N4O2. The van der Waals surface area contributed by atoms with Gasteiger partial charge in [-0.3, -0.25) is 9.69 Å². The summed E-state index contributed by atoms with van der Waals surface area (Å²) in [4.78, 5) is 31.6. The second-order valence-corrected chi connectivity index (χ2v) is 6.85. The third-order valence-corrected chi connectivity index (χ3v) is 5.10. The van der Waals surface area contributed by atoms with Crippen LogP contribution in [0, 0.1) is 0 Å². The number of imidazole rings is 1. The molecular weight excluding hydrogens is 340 g/mol. The largest absolute Gasteiger partial charge is 0.325 e. The molecule has 0 unspecified atom stereocenters. The van der Waals surface area contributed by atoms with Crippen LogP contribution in [0.5, 0.6) is 0 Å². The molecule has 1 aliphatic rings. The molecule has 3 N–H and O–H groups in total. The van der Waals surface area contributed by atoms with Gasteiger partial charge in [-0.15, -0.1) is 0 Å². The van der Waals surface area contributed by atoms with Crippen LogP contribution in [-0.4, -0.2) is 39.9 Å². The summed E-state index contributed by atoms with van der Waals surface area (Å²) in [6.45, 7) is 3.52. The highest BCUT2D eigenvalue weighted by Crippen LogP contribution is 2.23. The summed E-state index contributed by atoms with van der Waals surface area (Å²) >= 11 is 0. The lowest BCUT2D eigenvalue weighted by atomic mass is 9.99. The van der Waals surface area contributed by atoms with Crippen molar-refractivity contribution in [3.8, 4) is 0 Å². The first-order valence-corrected chi connectivity index (χ1v) is 9.11. The van der Waals surface area contributed by atoms with E-state index in [4.69, 9.17) is 0 Å². The summed E-state index contributed by atoms with van der Waals surface area (Å²) in [5.74, 6) is -0.0520. The van der Waals surface area contributed by atoms with E-state index < -0.39 is 0 Å². The number of hydrogen-bond acceptors (Lipinski definition) is 3. The zero-order chi connectivity index (χ0) is 18.8. The van der Waals surface area contributed by atoms with Crippen molar-refractivity contribution < 1.29 is 4.79 Å². The number of aromatic nitrogens is 2. The molecule has 0 fully saturated rings. The van der Waals surface area contributed by atoms with Crippen LogP contribution in [0.25, 0.3) is 16.6 Å². The predicted octanol–water partition coefficient (Wildman–Crippen LogP) is 2.97. The van der Waals surface area contributed by atoms with Gasteiger partial charge in [-0.25, -0.2) is 4.79 Å². The number of hydrogen-bond donors (Lipinski definition) is 3. The Kier molecular flexibility index (Phi) is 4.64. The van der Waals surface area contributed by atoms with Crippen LogP contribution in [0.3, 0.4) is 0 Å². The van der Waals surface area contributed by atoms with Crippen LogP contribution < -0.4 is 11.0 Å². The number of aromatic amines is 2. The zero-order valence-electron chi connectivity index (χ0n) is 15.2. The van der Waals surface area contributed by atoms with Gasteiger partial charge in [0.05, 0.1) is 17.1 Å². The summed E-state index contributed by atoms with van der Waals surface area (Å²) < 4.78 is 0. The van der Waals surface area contributed by atoms with Crippen molar-refractivity contribution in [3.05, 3.63) is 70.7 Å². The minimum atomic E-state index is -0.254. The molecule has 1 atom stereocenters. The van der Waals surface area contributed by atoms with Gasteiger partial charge in [-0.05, 0) is 42.7 Å². The highest BCUT2D eigenvalue weighted by molar-refractivity contribution is 5.96. The molecule has 2 heterocycles. The minimum absolute atomic E-state index is 0.0520. The molecule has 1 aliphatic heterocycles. The van der Waals surface area contributed by atoms with E-state index in [1.807, 2.05) is 25.1 Å². The molecule has 3 aromatic rings. The summed E-state index contributed by atoms with van der Waals surface area (Å²) in [6.07, 6.45) is 3.14. The van der Waals surface area contributed by atoms with E-state index in [9.17, 15) is 9.59 Å². The van der Waals surface area contributed by atoms with Crippen molar-refractivity contribution >= 4 is 28.2 Å². The lowest BCUT2D eigenvalue weighted by Gasteiger charge is -2.31. The molecule has 0 aliphatic carbocycles. The van der Waals surface area contributed by atoms with Gasteiger partial charge in [0.2, 0.25) is 5.91 Å². The molecule has 2 aromatic carbocycles. The van der Waals surface area contributed by atoms with Gasteiger partial charge in [0.15, 0.2) is 0 Å². The van der Waals surface area contributed by atoms with Gasteiger partial charge in [-0.2, -0.15) is 0 Å². The quantitative estimate of drug-likeness (QED) is 0.667. The summed E-state index contributed by atoms with van der Waals surface area (Å²) in [7, 11) is 0. The van der Waals surface area contributed by atoms with Gasteiger partial charge in [0, 0.05) is 18.8 Å². The van der Waals surface area contributed by atoms with E-state index in [0.29, 0.717) is 11.2 Å². The van der Waals surface area contributed by atoms with Gasteiger partial charge in [-0.1, -0.05) is 36.4 Å². The summed E-state index contributed by atoms with van der Waals surface area (Å²) in [6, 6.07) is 15.5. The van der Waals surface area contributed by atoms with Crippen molar-refractivity contribution in [1.29, 1.82) is 0 Å². The Hall–Kier alpha value is -3.12. The number of rotatable bonds is 4. The molecule has 1 aromatic heterocycles. The average molecular weight is 362 g/mol. The third-order valence-electron chi connectivity index (χ3n) is 5.10. The maximum atomic E-state index is 12.7. The predicted molar refractivity (Wildman–Crippen MR) is 108 cm³/mol. The van der Waals surface area contributed by atoms with E-state index in [-0.39, 0.29) is 17.6 Å². The molecule has 0 radical (unpaired) electrons. The van der Waals surface area contributed by atoms with Crippen LogP contribution in [-0.2, 0) is 4.79 Å². The van der Waals surface area contributed by atoms with Crippen LogP contribution in [0.15, 0.2) is 59.4 Å². The Morgan fingerprint density at radius 1 is 1.11 bits per heavy atom. The van der Waals surface area contributed by atoms with E-state index in [1.165, 1.54) is 11.1 Å². The molecule has 27 heavy (non-hydrogen) atoms. The topological polar surface area (TPSA) is 81.0 Å². The van der Waals surface area contributed by atoms with Crippen molar-refractivity contribution in [2.75, 3.05) is 18.4 Å². The Morgan fingerprint density at radius 2 is 1.89 bits per heavy atom. The van der Waals surface area contributed by atoms with E-state index in [1.54, 1.807) is 18.2 Å². The molecule has 0 saturated heterocycles. The fraction of sp³-hybridized carbons (Fsp3) is 0.238. The fourth-order valence-electron chi connectivity index (χ4n) is 3.47. The van der Waals surface area contributed by atoms with Crippen LogP contribution >= 0.6 is 0 Å². The lowest BCUT2D eigenvalue weighted by Crippen LogP contribution is -2.44. The maximum Gasteiger partial charge on any atom is 0.323 e. The van der Waals surface area contributed by atoms with Crippen LogP contribution in [0.2, 0.25) is 0 Å². The first kappa shape index (κ1) is 17.3. The number of fused-ring (bicyclic) bond motifs is 1. The Morgan fingerprint density at radius 3 is 2.63 bits per heavy atom. The van der Waals surface area contributed by atoms with Gasteiger partial charge >= 0.3 is 5.69 Å². The molecule has 138 valence electrons. The van der Waals surface area contributed by atoms with E-state index >= 15 is 0 Å². The van der Waals surface area contributed by atoms with E-state index in [0.717, 1.165) is 25.0 Å². The number of carbonyl (C=O) groups is 1. The SMILES string of the molecule is C[C@H](C(=O)Nc1ccc2[nH]c(=O)[nH]c2c1)N1CC=C(c2ccccc2)CC1. The van der Waals surface area contributed by atoms with Crippen molar-refractivity contribution in [3.63, 3.8) is 0 Å². The molecule has 6 heteroatoms.